The molecular weight excluding hydrogens is 260 g/mol. The van der Waals surface area contributed by atoms with Gasteiger partial charge in [0, 0.05) is 0 Å². The first kappa shape index (κ1) is 13.6. The number of aryl methyl sites for hydroxylation is 1. The Morgan fingerprint density at radius 1 is 0.952 bits per heavy atom. The summed E-state index contributed by atoms with van der Waals surface area (Å²) < 4.78 is 0. The predicted molar refractivity (Wildman–Crippen MR) is 87.2 cm³/mol. The molecule has 0 bridgehead atoms. The lowest BCUT2D eigenvalue weighted by atomic mass is 9.93. The van der Waals surface area contributed by atoms with Gasteiger partial charge in [0.05, 0.1) is 5.56 Å². The highest BCUT2D eigenvalue weighted by Crippen LogP contribution is 2.31. The molecule has 3 aromatic rings. The Morgan fingerprint density at radius 2 is 1.62 bits per heavy atom. The molecular formula is C19H18O2. The number of hydrogen-bond donors (Lipinski definition) is 1. The van der Waals surface area contributed by atoms with E-state index in [9.17, 15) is 9.90 Å². The number of hydrogen-bond acceptors (Lipinski definition) is 1. The Morgan fingerprint density at radius 3 is 2.29 bits per heavy atom. The Balaban J connectivity index is 2.40. The van der Waals surface area contributed by atoms with Gasteiger partial charge in [-0.05, 0) is 45.5 Å². The first-order valence-electron chi connectivity index (χ1n) is 7.18. The fourth-order valence-electron chi connectivity index (χ4n) is 2.92. The van der Waals surface area contributed by atoms with Crippen LogP contribution in [-0.2, 0) is 0 Å². The molecule has 0 aromatic heterocycles. The fraction of sp³-hybridized carbons (Fsp3) is 0.211. The van der Waals surface area contributed by atoms with Crippen LogP contribution in [0.5, 0.6) is 0 Å². The maximum absolute atomic E-state index is 11.5. The van der Waals surface area contributed by atoms with Gasteiger partial charge in [-0.2, -0.15) is 0 Å². The van der Waals surface area contributed by atoms with Crippen LogP contribution in [0.1, 0.15) is 41.3 Å². The van der Waals surface area contributed by atoms with Gasteiger partial charge in [-0.1, -0.05) is 56.3 Å². The van der Waals surface area contributed by atoms with Crippen LogP contribution >= 0.6 is 0 Å². The van der Waals surface area contributed by atoms with E-state index in [1.165, 1.54) is 5.56 Å². The molecule has 1 N–H and O–H groups in total. The summed E-state index contributed by atoms with van der Waals surface area (Å²) in [6.45, 7) is 6.19. The third-order valence-electron chi connectivity index (χ3n) is 4.13. The molecule has 21 heavy (non-hydrogen) atoms. The normalized spacial score (nSPS) is 11.4. The average Bonchev–Trinajstić information content (AvgIpc) is 2.45. The van der Waals surface area contributed by atoms with E-state index in [1.807, 2.05) is 31.2 Å². The van der Waals surface area contributed by atoms with Crippen LogP contribution in [-0.4, -0.2) is 11.1 Å². The molecule has 0 radical (unpaired) electrons. The summed E-state index contributed by atoms with van der Waals surface area (Å²) in [7, 11) is 0. The SMILES string of the molecule is Cc1ccc2c(ccc3cc(C(C)C)ccc32)c1C(=O)O. The van der Waals surface area contributed by atoms with Crippen LogP contribution in [0.15, 0.2) is 42.5 Å². The highest BCUT2D eigenvalue weighted by atomic mass is 16.4. The Kier molecular flexibility index (Phi) is 3.17. The van der Waals surface area contributed by atoms with E-state index in [-0.39, 0.29) is 0 Å². The van der Waals surface area contributed by atoms with Gasteiger partial charge < -0.3 is 5.11 Å². The van der Waals surface area contributed by atoms with Crippen LogP contribution in [0.4, 0.5) is 0 Å². The smallest absolute Gasteiger partial charge is 0.336 e. The van der Waals surface area contributed by atoms with Crippen molar-refractivity contribution >= 4 is 27.5 Å². The van der Waals surface area contributed by atoms with Gasteiger partial charge in [0.1, 0.15) is 0 Å². The van der Waals surface area contributed by atoms with Gasteiger partial charge in [0.15, 0.2) is 0 Å². The van der Waals surface area contributed by atoms with Gasteiger partial charge in [-0.3, -0.25) is 0 Å². The van der Waals surface area contributed by atoms with E-state index in [1.54, 1.807) is 0 Å². The van der Waals surface area contributed by atoms with Gasteiger partial charge in [0.25, 0.3) is 0 Å². The van der Waals surface area contributed by atoms with Gasteiger partial charge >= 0.3 is 5.97 Å². The summed E-state index contributed by atoms with van der Waals surface area (Å²) in [5.74, 6) is -0.381. The molecule has 0 amide bonds. The minimum absolute atomic E-state index is 0.405. The lowest BCUT2D eigenvalue weighted by molar-refractivity contribution is 0.0698. The van der Waals surface area contributed by atoms with Gasteiger partial charge in [-0.15, -0.1) is 0 Å². The molecule has 0 aliphatic heterocycles. The van der Waals surface area contributed by atoms with Crippen LogP contribution in [0.3, 0.4) is 0 Å². The van der Waals surface area contributed by atoms with Crippen molar-refractivity contribution in [3.8, 4) is 0 Å². The van der Waals surface area contributed by atoms with Gasteiger partial charge in [-0.25, -0.2) is 4.79 Å². The van der Waals surface area contributed by atoms with E-state index >= 15 is 0 Å². The van der Waals surface area contributed by atoms with Crippen molar-refractivity contribution in [1.82, 2.24) is 0 Å². The molecule has 0 saturated carbocycles. The van der Waals surface area contributed by atoms with Crippen molar-refractivity contribution in [2.45, 2.75) is 26.7 Å². The van der Waals surface area contributed by atoms with E-state index < -0.39 is 5.97 Å². The summed E-state index contributed by atoms with van der Waals surface area (Å²) in [6, 6.07) is 14.3. The highest BCUT2D eigenvalue weighted by molar-refractivity contribution is 6.14. The van der Waals surface area contributed by atoms with Crippen molar-refractivity contribution < 1.29 is 9.90 Å². The van der Waals surface area contributed by atoms with E-state index in [0.29, 0.717) is 11.5 Å². The Labute approximate surface area is 124 Å². The molecule has 106 valence electrons. The molecule has 3 rings (SSSR count). The van der Waals surface area contributed by atoms with Crippen molar-refractivity contribution in [2.75, 3.05) is 0 Å². The monoisotopic (exact) mass is 278 g/mol. The second-order valence-corrected chi connectivity index (χ2v) is 5.86. The van der Waals surface area contributed by atoms with Crippen molar-refractivity contribution in [3.63, 3.8) is 0 Å². The highest BCUT2D eigenvalue weighted by Gasteiger charge is 2.13. The van der Waals surface area contributed by atoms with Crippen LogP contribution < -0.4 is 0 Å². The summed E-state index contributed by atoms with van der Waals surface area (Å²) in [6.07, 6.45) is 0. The van der Waals surface area contributed by atoms with Crippen LogP contribution in [0.25, 0.3) is 21.5 Å². The minimum Gasteiger partial charge on any atom is -0.478 e. The molecule has 0 saturated heterocycles. The van der Waals surface area contributed by atoms with Gasteiger partial charge in [0.2, 0.25) is 0 Å². The van der Waals surface area contributed by atoms with Crippen LogP contribution in [0.2, 0.25) is 0 Å². The minimum atomic E-state index is -0.865. The lowest BCUT2D eigenvalue weighted by Crippen LogP contribution is -2.01. The summed E-state index contributed by atoms with van der Waals surface area (Å²) >= 11 is 0. The van der Waals surface area contributed by atoms with Crippen molar-refractivity contribution in [2.24, 2.45) is 0 Å². The third kappa shape index (κ3) is 2.17. The molecule has 0 aliphatic rings. The van der Waals surface area contributed by atoms with Crippen LogP contribution in [0, 0.1) is 6.92 Å². The number of carboxylic acid groups (broad SMARTS) is 1. The molecule has 0 heterocycles. The predicted octanol–water partition coefficient (Wildman–Crippen LogP) is 5.12. The molecule has 0 fully saturated rings. The summed E-state index contributed by atoms with van der Waals surface area (Å²) in [5.41, 5.74) is 2.50. The molecule has 0 atom stereocenters. The first-order valence-corrected chi connectivity index (χ1v) is 7.18. The Bertz CT molecular complexity index is 860. The number of carbonyl (C=O) groups is 1. The molecule has 0 aliphatic carbocycles. The van der Waals surface area contributed by atoms with E-state index in [4.69, 9.17) is 0 Å². The summed E-state index contributed by atoms with van der Waals surface area (Å²) in [4.78, 5) is 11.5. The summed E-state index contributed by atoms with van der Waals surface area (Å²) in [5, 5.41) is 13.5. The number of rotatable bonds is 2. The number of aromatic carboxylic acids is 1. The van der Waals surface area contributed by atoms with Crippen molar-refractivity contribution in [3.05, 3.63) is 59.2 Å². The quantitative estimate of drug-likeness (QED) is 0.660. The zero-order valence-electron chi connectivity index (χ0n) is 12.5. The van der Waals surface area contributed by atoms with Crippen molar-refractivity contribution in [1.29, 1.82) is 0 Å². The third-order valence-corrected chi connectivity index (χ3v) is 4.13. The maximum Gasteiger partial charge on any atom is 0.336 e. The molecule has 3 aromatic carbocycles. The number of fused-ring (bicyclic) bond motifs is 3. The zero-order chi connectivity index (χ0) is 15.1. The van der Waals surface area contributed by atoms with E-state index in [2.05, 4.69) is 32.0 Å². The second-order valence-electron chi connectivity index (χ2n) is 5.86. The second kappa shape index (κ2) is 4.88. The largest absolute Gasteiger partial charge is 0.478 e. The molecule has 0 spiro atoms. The topological polar surface area (TPSA) is 37.3 Å². The number of benzene rings is 3. The molecule has 2 heteroatoms. The fourth-order valence-corrected chi connectivity index (χ4v) is 2.92. The molecule has 0 unspecified atom stereocenters. The number of carboxylic acids is 1. The average molecular weight is 278 g/mol. The standard InChI is InChI=1S/C19H18O2/c1-11(2)13-5-8-15-14(10-13)6-9-17-16(15)7-4-12(3)18(17)19(20)21/h4-11H,1-3H3,(H,20,21). The maximum atomic E-state index is 11.5. The Hall–Kier alpha value is -2.35. The van der Waals surface area contributed by atoms with E-state index in [0.717, 1.165) is 27.1 Å². The first-order chi connectivity index (χ1) is 9.99. The zero-order valence-corrected chi connectivity index (χ0v) is 12.5. The lowest BCUT2D eigenvalue weighted by Gasteiger charge is -2.11. The molecule has 2 nitrogen and oxygen atoms in total.